The normalized spacial score (nSPS) is 14.2. The first-order valence-electron chi connectivity index (χ1n) is 10.9. The highest BCUT2D eigenvalue weighted by molar-refractivity contribution is 7.89. The van der Waals surface area contributed by atoms with Crippen LogP contribution in [-0.2, 0) is 24.3 Å². The maximum Gasteiger partial charge on any atom is 0.356 e. The fraction of sp³-hybridized carbons (Fsp3) is 0.154. The highest BCUT2D eigenvalue weighted by Crippen LogP contribution is 2.40. The van der Waals surface area contributed by atoms with E-state index in [-0.39, 0.29) is 10.6 Å². The van der Waals surface area contributed by atoms with Gasteiger partial charge in [0.25, 0.3) is 10.0 Å². The van der Waals surface area contributed by atoms with Crippen molar-refractivity contribution in [2.24, 2.45) is 0 Å². The van der Waals surface area contributed by atoms with Crippen LogP contribution in [-0.4, -0.2) is 44.9 Å². The van der Waals surface area contributed by atoms with E-state index in [4.69, 9.17) is 9.47 Å². The summed E-state index contributed by atoms with van der Waals surface area (Å²) in [6, 6.07) is 22.0. The molecule has 0 fully saturated rings. The molecule has 0 bridgehead atoms. The average molecular weight is 493 g/mol. The summed E-state index contributed by atoms with van der Waals surface area (Å²) in [6.07, 6.45) is 0. The predicted octanol–water partition coefficient (Wildman–Crippen LogP) is 3.66. The van der Waals surface area contributed by atoms with Gasteiger partial charge in [0, 0.05) is 16.8 Å². The Morgan fingerprint density at radius 1 is 0.914 bits per heavy atom. The number of anilines is 1. The highest BCUT2D eigenvalue weighted by Gasteiger charge is 2.41. The molecule has 8 nitrogen and oxygen atoms in total. The number of esters is 1. The molecule has 1 amide bonds. The number of carbonyl (C=O) groups excluding carboxylic acids is 2. The van der Waals surface area contributed by atoms with Crippen molar-refractivity contribution in [1.29, 1.82) is 0 Å². The Morgan fingerprint density at radius 3 is 2.23 bits per heavy atom. The molecule has 9 heteroatoms. The van der Waals surface area contributed by atoms with E-state index in [0.717, 1.165) is 4.31 Å². The third-order valence-corrected chi connectivity index (χ3v) is 7.19. The van der Waals surface area contributed by atoms with Crippen LogP contribution in [0.4, 0.5) is 5.69 Å². The molecule has 0 aromatic heterocycles. The number of carbonyl (C=O) groups is 2. The summed E-state index contributed by atoms with van der Waals surface area (Å²) >= 11 is 0. The van der Waals surface area contributed by atoms with Gasteiger partial charge >= 0.3 is 5.97 Å². The number of fused-ring (bicyclic) bond motifs is 1. The van der Waals surface area contributed by atoms with Gasteiger partial charge in [0.15, 0.2) is 0 Å². The Kier molecular flexibility index (Phi) is 6.88. The number of ether oxygens (including phenoxy) is 2. The molecule has 0 unspecified atom stereocenters. The summed E-state index contributed by atoms with van der Waals surface area (Å²) < 4.78 is 38.4. The topological polar surface area (TPSA) is 102 Å². The van der Waals surface area contributed by atoms with Gasteiger partial charge in [-0.1, -0.05) is 48.5 Å². The minimum Gasteiger partial charge on any atom is -0.494 e. The third-order valence-electron chi connectivity index (χ3n) is 5.39. The number of hydrogen-bond acceptors (Lipinski definition) is 6. The minimum absolute atomic E-state index is 0.000346. The van der Waals surface area contributed by atoms with Crippen LogP contribution in [0.1, 0.15) is 18.1 Å². The van der Waals surface area contributed by atoms with Crippen LogP contribution in [0.25, 0.3) is 5.57 Å². The van der Waals surface area contributed by atoms with Gasteiger partial charge in [0.1, 0.15) is 18.0 Å². The summed E-state index contributed by atoms with van der Waals surface area (Å²) in [5.74, 6) is -0.842. The number of amides is 1. The predicted molar refractivity (Wildman–Crippen MR) is 131 cm³/mol. The fourth-order valence-electron chi connectivity index (χ4n) is 3.88. The molecule has 4 rings (SSSR count). The minimum atomic E-state index is -4.24. The summed E-state index contributed by atoms with van der Waals surface area (Å²) in [7, 11) is -3.07. The van der Waals surface area contributed by atoms with E-state index in [2.05, 4.69) is 5.32 Å². The van der Waals surface area contributed by atoms with E-state index < -0.39 is 28.4 Å². The molecule has 1 heterocycles. The number of benzene rings is 3. The summed E-state index contributed by atoms with van der Waals surface area (Å²) in [5, 5.41) is 2.68. The first kappa shape index (κ1) is 24.0. The zero-order chi connectivity index (χ0) is 25.0. The van der Waals surface area contributed by atoms with Gasteiger partial charge in [-0.15, -0.1) is 0 Å². The number of rotatable bonds is 7. The largest absolute Gasteiger partial charge is 0.494 e. The molecular weight excluding hydrogens is 468 g/mol. The van der Waals surface area contributed by atoms with Gasteiger partial charge in [0.05, 0.1) is 18.6 Å². The number of nitrogens with zero attached hydrogens (tertiary/aromatic N) is 1. The second-order valence-electron chi connectivity index (χ2n) is 7.59. The third kappa shape index (κ3) is 4.76. The second-order valence-corrected chi connectivity index (χ2v) is 9.43. The first-order chi connectivity index (χ1) is 16.9. The average Bonchev–Trinajstić information content (AvgIpc) is 2.87. The Hall–Kier alpha value is -4.11. The van der Waals surface area contributed by atoms with Crippen LogP contribution in [0.3, 0.4) is 0 Å². The van der Waals surface area contributed by atoms with Crippen molar-refractivity contribution >= 4 is 33.2 Å². The summed E-state index contributed by atoms with van der Waals surface area (Å²) in [6.45, 7) is 1.75. The second kappa shape index (κ2) is 10.0. The SMILES string of the molecule is CCOc1ccc(NC(=O)CN2C(C(=O)OC)=C(c3ccccc3)c3ccccc3S2(=O)=O)cc1. The fourth-order valence-corrected chi connectivity index (χ4v) is 5.51. The van der Waals surface area contributed by atoms with Crippen LogP contribution < -0.4 is 10.1 Å². The number of methoxy groups -OCH3 is 1. The van der Waals surface area contributed by atoms with Gasteiger partial charge in [-0.05, 0) is 42.8 Å². The number of nitrogens with one attached hydrogen (secondary N) is 1. The van der Waals surface area contributed by atoms with Gasteiger partial charge in [-0.3, -0.25) is 4.79 Å². The number of sulfonamides is 1. The maximum absolute atomic E-state index is 13.6. The Morgan fingerprint density at radius 2 is 1.57 bits per heavy atom. The molecule has 3 aromatic carbocycles. The zero-order valence-corrected chi connectivity index (χ0v) is 20.0. The lowest BCUT2D eigenvalue weighted by molar-refractivity contribution is -0.137. The molecule has 180 valence electrons. The Bertz CT molecular complexity index is 1380. The molecule has 0 saturated heterocycles. The van der Waals surface area contributed by atoms with Crippen LogP contribution in [0.15, 0.2) is 89.5 Å². The van der Waals surface area contributed by atoms with E-state index >= 15 is 0 Å². The van der Waals surface area contributed by atoms with E-state index in [1.54, 1.807) is 66.7 Å². The molecule has 1 N–H and O–H groups in total. The molecular formula is C26H24N2O6S. The lowest BCUT2D eigenvalue weighted by Gasteiger charge is -2.32. The highest BCUT2D eigenvalue weighted by atomic mass is 32.2. The van der Waals surface area contributed by atoms with Gasteiger partial charge < -0.3 is 14.8 Å². The zero-order valence-electron chi connectivity index (χ0n) is 19.2. The van der Waals surface area contributed by atoms with Crippen molar-refractivity contribution < 1.29 is 27.5 Å². The van der Waals surface area contributed by atoms with Crippen molar-refractivity contribution in [3.63, 3.8) is 0 Å². The van der Waals surface area contributed by atoms with E-state index in [1.165, 1.54) is 13.2 Å². The Labute approximate surface area is 203 Å². The Balaban J connectivity index is 1.78. The van der Waals surface area contributed by atoms with E-state index in [0.29, 0.717) is 34.7 Å². The van der Waals surface area contributed by atoms with Crippen LogP contribution in [0, 0.1) is 0 Å². The molecule has 35 heavy (non-hydrogen) atoms. The van der Waals surface area contributed by atoms with Crippen molar-refractivity contribution in [3.8, 4) is 5.75 Å². The molecule has 0 radical (unpaired) electrons. The molecule has 0 atom stereocenters. The van der Waals surface area contributed by atoms with Crippen molar-refractivity contribution in [1.82, 2.24) is 4.31 Å². The maximum atomic E-state index is 13.6. The smallest absolute Gasteiger partial charge is 0.356 e. The molecule has 1 aliphatic heterocycles. The lowest BCUT2D eigenvalue weighted by Crippen LogP contribution is -2.43. The van der Waals surface area contributed by atoms with Crippen molar-refractivity contribution in [2.45, 2.75) is 11.8 Å². The molecule has 0 aliphatic carbocycles. The molecule has 0 saturated carbocycles. The monoisotopic (exact) mass is 492 g/mol. The first-order valence-corrected chi connectivity index (χ1v) is 12.3. The molecule has 1 aliphatic rings. The van der Waals surface area contributed by atoms with Crippen molar-refractivity contribution in [3.05, 3.63) is 95.7 Å². The van der Waals surface area contributed by atoms with Gasteiger partial charge in [-0.2, -0.15) is 0 Å². The van der Waals surface area contributed by atoms with E-state index in [9.17, 15) is 18.0 Å². The molecule has 3 aromatic rings. The van der Waals surface area contributed by atoms with Crippen molar-refractivity contribution in [2.75, 3.05) is 25.6 Å². The lowest BCUT2D eigenvalue weighted by atomic mass is 9.95. The quantitative estimate of drug-likeness (QED) is 0.505. The van der Waals surface area contributed by atoms with Crippen LogP contribution >= 0.6 is 0 Å². The summed E-state index contributed by atoms with van der Waals surface area (Å²) in [5.41, 5.74) is 1.59. The molecule has 0 spiro atoms. The van der Waals surface area contributed by atoms with Gasteiger partial charge in [-0.25, -0.2) is 17.5 Å². The number of hydrogen-bond donors (Lipinski definition) is 1. The van der Waals surface area contributed by atoms with E-state index in [1.807, 2.05) is 13.0 Å². The standard InChI is InChI=1S/C26H24N2O6S/c1-3-34-20-15-13-19(14-16-20)27-23(29)17-28-25(26(30)33-2)24(18-9-5-4-6-10-18)21-11-7-8-12-22(21)35(28,31)32/h4-16H,3,17H2,1-2H3,(H,27,29). The van der Waals surface area contributed by atoms with Crippen LogP contribution in [0.5, 0.6) is 5.75 Å². The summed E-state index contributed by atoms with van der Waals surface area (Å²) in [4.78, 5) is 25.9. The van der Waals surface area contributed by atoms with Gasteiger partial charge in [0.2, 0.25) is 5.91 Å². The van der Waals surface area contributed by atoms with Crippen LogP contribution in [0.2, 0.25) is 0 Å².